The van der Waals surface area contributed by atoms with Crippen LogP contribution in [0.3, 0.4) is 0 Å². The van der Waals surface area contributed by atoms with Crippen molar-refractivity contribution >= 4 is 335 Å². The molecule has 0 radical (unpaired) electrons. The summed E-state index contributed by atoms with van der Waals surface area (Å²) in [5.41, 5.74) is 16.6. The van der Waals surface area contributed by atoms with E-state index in [9.17, 15) is 45.3 Å². The van der Waals surface area contributed by atoms with E-state index < -0.39 is 19.7 Å². The zero-order valence-corrected chi connectivity index (χ0v) is 82.6. The van der Waals surface area contributed by atoms with Crippen LogP contribution < -0.4 is 37.2 Å². The molecule has 3 aliphatic heterocycles. The number of carbonyl (C=O) groups is 1. The first-order valence-electron chi connectivity index (χ1n) is 29.0. The molecule has 0 spiro atoms. The molecular weight excluding hydrogens is 2520 g/mol. The SMILES string of the molecule is CC(C)I.CCC.CCCI.CCCI.CN1Cn2c1nc1cc(N)ccc12.CN1Cn2c1nc1cc([N+](=O)[O-])ccc12.CNCN.O=CNc1cc([N+](=O)[O-])ccc1Br.O=[N+]([O-])c1ccc(Br)c(N=C(Cl)Cl)c1.O=[N+]([O-])c1ccc(Br)c(NC2=NCC2)c1.[CH2-]C.[CH2-]C.[HH].[I][V]([I])[I].[I][V][I]. The van der Waals surface area contributed by atoms with E-state index in [4.69, 9.17) is 34.7 Å². The Morgan fingerprint density at radius 2 is 1.04 bits per heavy atom. The van der Waals surface area contributed by atoms with Gasteiger partial charge in [0.05, 0.1) is 58.8 Å². The zero-order valence-electron chi connectivity index (χ0n) is 56.3. The van der Waals surface area contributed by atoms with Crippen molar-refractivity contribution in [3.05, 3.63) is 159 Å². The van der Waals surface area contributed by atoms with Crippen molar-refractivity contribution in [2.24, 2.45) is 15.7 Å². The number of rotatable bonds is 11. The number of fused-ring (bicyclic) bond motifs is 6. The van der Waals surface area contributed by atoms with Crippen LogP contribution >= 0.6 is 239 Å². The van der Waals surface area contributed by atoms with E-state index >= 15 is 0 Å². The summed E-state index contributed by atoms with van der Waals surface area (Å²) in [5, 5.41) is 50.0. The molecule has 561 valence electrons. The average molecular weight is 2600 g/mol. The molecule has 0 bridgehead atoms. The second kappa shape index (κ2) is 64.6. The number of nitro groups is 4. The molecule has 0 saturated carbocycles. The number of aliphatic imine (C=N–C) groups is 2. The van der Waals surface area contributed by atoms with Gasteiger partial charge in [-0.3, -0.25) is 59.4 Å². The molecule has 7 aromatic rings. The number of benzene rings is 5. The molecule has 3 aliphatic rings. The van der Waals surface area contributed by atoms with E-state index in [1.807, 2.05) is 41.8 Å². The molecule has 1 amide bonds. The van der Waals surface area contributed by atoms with Crippen LogP contribution in [0, 0.1) is 54.3 Å². The topological polar surface area (TPSA) is 345 Å². The maximum absolute atomic E-state index is 10.6. The molecule has 0 unspecified atom stereocenters. The Morgan fingerprint density at radius 1 is 0.710 bits per heavy atom. The van der Waals surface area contributed by atoms with E-state index in [-0.39, 0.29) is 33.7 Å². The Hall–Kier alpha value is -0.401. The number of anilines is 5. The third-order valence-electron chi connectivity index (χ3n) is 10.5. The van der Waals surface area contributed by atoms with Gasteiger partial charge in [0, 0.05) is 107 Å². The number of amides is 1. The average Bonchev–Trinajstić information content (AvgIpc) is 1.61. The van der Waals surface area contributed by atoms with Crippen LogP contribution in [0.25, 0.3) is 22.1 Å². The van der Waals surface area contributed by atoms with Gasteiger partial charge in [0.25, 0.3) is 22.7 Å². The van der Waals surface area contributed by atoms with E-state index in [2.05, 4.69) is 316 Å². The van der Waals surface area contributed by atoms with Crippen molar-refractivity contribution in [1.29, 1.82) is 0 Å². The Morgan fingerprint density at radius 3 is 1.37 bits per heavy atom. The van der Waals surface area contributed by atoms with Gasteiger partial charge in [0.2, 0.25) is 18.3 Å². The number of nitrogens with zero attached hydrogens (tertiary/aromatic N) is 12. The summed E-state index contributed by atoms with van der Waals surface area (Å²) in [6.07, 6.45) is 5.22. The zero-order chi connectivity index (χ0) is 77.8. The number of hydrogen-bond acceptors (Lipinski definition) is 19. The number of halogens is 13. The second-order valence-electron chi connectivity index (χ2n) is 18.5. The van der Waals surface area contributed by atoms with Crippen molar-refractivity contribution < 1.29 is 40.3 Å². The number of imidazole rings is 2. The maximum atomic E-state index is 10.6. The summed E-state index contributed by atoms with van der Waals surface area (Å²) in [6.45, 7) is 26.0. The quantitative estimate of drug-likeness (QED) is 0.00924. The predicted octanol–water partition coefficient (Wildman–Crippen LogP) is 23.1. The monoisotopic (exact) mass is 2600 g/mol. The summed E-state index contributed by atoms with van der Waals surface area (Å²) in [5.74, 6) is 2.77. The van der Waals surface area contributed by atoms with E-state index in [0.29, 0.717) is 54.1 Å². The standard InChI is InChI=1S/C9H8BrN3O2.C9H8N4O2.C9H10N4.C7H3BrCl2N2O2.C7H5BrN2O3.3C3H7I.C3H8.C2H8N2.2C2H5.5HI.2V.H2/c10-7-2-1-6(13(14)15)5-8(7)12-9-3-4-11-9;1-11-5-12-8-3-2-6(13(14)15)4-7(8)10-9(11)12;1-12-5-13-8-3-2-6(10)4-7(8)11-9(12)13;8-5-2-1-4(12(13)14)3-6(5)11-7(9)10;8-6-2-1-5(10(12)13)3-7(6)9-4-11;1-3(2)4;2*1-2-3-4;1-3-2;1-4-2-3;2*1-2;;;;;;;;/h1-2,5H,3-4H2,(H,11,12);2-4H,5H2,1H3;2-4H,5,10H2,1H3;1-3H;1-4H,(H,9,11);3H,1-2H3;2*2-3H2,1H3;3H2,1-2H3;4H,2-3H2,1H3;2*1H2,2H3;5*1H;;;1H/q;;;;;;;;;;2*-1;;;;;;+2;+3;/p-5. The minimum absolute atomic E-state index is 0. The van der Waals surface area contributed by atoms with Gasteiger partial charge in [-0.15, -0.1) is 0 Å². The number of nitro benzene ring substituents is 4. The molecule has 0 saturated heterocycles. The van der Waals surface area contributed by atoms with Crippen LogP contribution in [-0.4, -0.2) is 103 Å². The molecule has 7 N–H and O–H groups in total. The van der Waals surface area contributed by atoms with Gasteiger partial charge < -0.3 is 51.1 Å². The van der Waals surface area contributed by atoms with E-state index in [1.54, 1.807) is 33.0 Å². The molecular formula is C59H83Br3Cl2I8N17O9V2-2. The summed E-state index contributed by atoms with van der Waals surface area (Å²) in [7, 11) is 6.41. The Balaban J connectivity index is -0.000000345. The Bertz CT molecular complexity index is 3560. The molecule has 5 aromatic carbocycles. The van der Waals surface area contributed by atoms with Crippen LogP contribution in [0.2, 0.25) is 0 Å². The molecule has 100 heavy (non-hydrogen) atoms. The van der Waals surface area contributed by atoms with Gasteiger partial charge in [0.15, 0.2) is 4.63 Å². The number of non-ortho nitro benzene ring substituents is 4. The number of alkyl halides is 3. The van der Waals surface area contributed by atoms with Crippen molar-refractivity contribution in [3.63, 3.8) is 0 Å². The fourth-order valence-electron chi connectivity index (χ4n) is 6.41. The first kappa shape index (κ1) is 106. The van der Waals surface area contributed by atoms with Crippen LogP contribution in [0.4, 0.5) is 57.4 Å². The number of nitrogens with two attached hydrogens (primary N) is 2. The first-order valence-corrected chi connectivity index (χ1v) is 59.0. The molecule has 41 heteroatoms. The van der Waals surface area contributed by atoms with Gasteiger partial charge in [-0.2, -0.15) is 13.8 Å². The molecule has 2 aromatic heterocycles. The van der Waals surface area contributed by atoms with Gasteiger partial charge in [-0.25, -0.2) is 15.0 Å². The van der Waals surface area contributed by atoms with Crippen LogP contribution in [0.15, 0.2) is 114 Å². The van der Waals surface area contributed by atoms with Crippen molar-refractivity contribution in [3.8, 4) is 0 Å². The number of nitrogens with one attached hydrogen (secondary N) is 3. The second-order valence-corrected chi connectivity index (χ2v) is 73.8. The predicted molar refractivity (Wildman–Crippen MR) is 495 cm³/mol. The van der Waals surface area contributed by atoms with Gasteiger partial charge >= 0.3 is 114 Å². The number of aromatic nitrogens is 4. The van der Waals surface area contributed by atoms with Crippen molar-refractivity contribution in [2.45, 2.75) is 98.3 Å². The van der Waals surface area contributed by atoms with Crippen LogP contribution in [-0.2, 0) is 32.5 Å². The Labute approximate surface area is 730 Å². The normalized spacial score (nSPS) is 10.7. The molecule has 0 aliphatic carbocycles. The van der Waals surface area contributed by atoms with Crippen LogP contribution in [0.1, 0.15) is 82.5 Å². The first-order chi connectivity index (χ1) is 47.3. The minimum atomic E-state index is -0.525. The molecule has 0 atom stereocenters. The van der Waals surface area contributed by atoms with Gasteiger partial charge in [0.1, 0.15) is 19.2 Å². The summed E-state index contributed by atoms with van der Waals surface area (Å²) in [6, 6.07) is 23.5. The third-order valence-corrected chi connectivity index (χ3v) is 14.8. The fraction of sp³-hybridized carbons (Fsp3) is 0.373. The Kier molecular flexibility index (Phi) is 68.4. The molecule has 26 nitrogen and oxygen atoms in total. The number of amidine groups is 1. The van der Waals surface area contributed by atoms with E-state index in [0.717, 1.165) is 69.2 Å². The molecule has 5 heterocycles. The summed E-state index contributed by atoms with van der Waals surface area (Å²) in [4.78, 5) is 70.5. The number of nitrogen functional groups attached to an aromatic ring is 1. The number of hydrogen-bond donors (Lipinski definition) is 5. The van der Waals surface area contributed by atoms with E-state index in [1.165, 1.54) is 94.3 Å². The molecule has 0 fully saturated rings. The molecule has 10 rings (SSSR count). The fourth-order valence-corrected chi connectivity index (χ4v) is 7.63. The summed E-state index contributed by atoms with van der Waals surface area (Å²) >= 11 is 39.5. The van der Waals surface area contributed by atoms with Crippen molar-refractivity contribution in [1.82, 2.24) is 24.4 Å². The van der Waals surface area contributed by atoms with Gasteiger partial charge in [-0.1, -0.05) is 116 Å². The third kappa shape index (κ3) is 46.1. The number of carbonyl (C=O) groups excluding carboxylic acids is 1. The van der Waals surface area contributed by atoms with Gasteiger partial charge in [-0.05, 0) is 142 Å². The van der Waals surface area contributed by atoms with Crippen LogP contribution in [0.5, 0.6) is 0 Å². The summed E-state index contributed by atoms with van der Waals surface area (Å²) < 4.78 is 9.36. The van der Waals surface area contributed by atoms with Crippen molar-refractivity contribution in [2.75, 3.05) is 69.4 Å².